The van der Waals surface area contributed by atoms with Gasteiger partial charge >= 0.3 is 5.69 Å². The minimum Gasteiger partial charge on any atom is -0.258 e. The predicted octanol–water partition coefficient (Wildman–Crippen LogP) is 3.32. The lowest BCUT2D eigenvalue weighted by Gasteiger charge is -2.05. The highest BCUT2D eigenvalue weighted by atomic mass is 35.5. The smallest absolute Gasteiger partial charge is 0.258 e. The fourth-order valence-electron chi connectivity index (χ4n) is 1.59. The van der Waals surface area contributed by atoms with Crippen LogP contribution >= 0.6 is 11.6 Å². The van der Waals surface area contributed by atoms with E-state index in [9.17, 15) is 10.1 Å². The Hall–Kier alpha value is -2.01. The highest BCUT2D eigenvalue weighted by Gasteiger charge is 2.18. The second-order valence-corrected chi connectivity index (χ2v) is 4.27. The molecule has 0 saturated carbocycles. The van der Waals surface area contributed by atoms with E-state index < -0.39 is 4.92 Å². The van der Waals surface area contributed by atoms with Gasteiger partial charge in [-0.1, -0.05) is 12.1 Å². The molecule has 0 unspecified atom stereocenters. The molecule has 0 amide bonds. The van der Waals surface area contributed by atoms with Gasteiger partial charge in [-0.25, -0.2) is 9.97 Å². The first-order valence-electron chi connectivity index (χ1n) is 5.23. The number of hydrogen-bond donors (Lipinski definition) is 0. The second kappa shape index (κ2) is 4.70. The van der Waals surface area contributed by atoms with Crippen LogP contribution in [-0.4, -0.2) is 14.9 Å². The highest BCUT2D eigenvalue weighted by Crippen LogP contribution is 2.29. The summed E-state index contributed by atoms with van der Waals surface area (Å²) in [5, 5.41) is 10.9. The molecule has 18 heavy (non-hydrogen) atoms. The van der Waals surface area contributed by atoms with Crippen LogP contribution in [0.5, 0.6) is 0 Å². The Kier molecular flexibility index (Phi) is 3.25. The topological polar surface area (TPSA) is 68.9 Å². The number of halogens is 1. The summed E-state index contributed by atoms with van der Waals surface area (Å²) >= 11 is 5.70. The molecule has 1 aromatic heterocycles. The lowest BCUT2D eigenvalue weighted by atomic mass is 10.0. The Morgan fingerprint density at radius 1 is 1.28 bits per heavy atom. The van der Waals surface area contributed by atoms with Crippen molar-refractivity contribution in [2.45, 2.75) is 13.8 Å². The van der Waals surface area contributed by atoms with E-state index in [1.54, 1.807) is 6.07 Å². The van der Waals surface area contributed by atoms with E-state index in [0.717, 1.165) is 17.3 Å². The van der Waals surface area contributed by atoms with Gasteiger partial charge in [0, 0.05) is 5.56 Å². The third kappa shape index (κ3) is 2.31. The minimum atomic E-state index is -0.513. The van der Waals surface area contributed by atoms with Crippen LogP contribution in [0.2, 0.25) is 5.28 Å². The molecule has 0 aliphatic carbocycles. The summed E-state index contributed by atoms with van der Waals surface area (Å²) in [5.74, 6) is 0. The molecule has 6 heteroatoms. The van der Waals surface area contributed by atoms with E-state index in [1.165, 1.54) is 0 Å². The Morgan fingerprint density at radius 3 is 2.61 bits per heavy atom. The average Bonchev–Trinajstić information content (AvgIpc) is 2.32. The monoisotopic (exact) mass is 263 g/mol. The quantitative estimate of drug-likeness (QED) is 0.473. The van der Waals surface area contributed by atoms with E-state index in [-0.39, 0.29) is 16.7 Å². The van der Waals surface area contributed by atoms with Crippen LogP contribution in [0.15, 0.2) is 24.4 Å². The van der Waals surface area contributed by atoms with Gasteiger partial charge in [-0.05, 0) is 42.6 Å². The van der Waals surface area contributed by atoms with Crippen molar-refractivity contribution in [2.75, 3.05) is 0 Å². The van der Waals surface area contributed by atoms with Crippen molar-refractivity contribution >= 4 is 17.3 Å². The van der Waals surface area contributed by atoms with Crippen molar-refractivity contribution < 1.29 is 4.92 Å². The molecule has 0 spiro atoms. The first-order valence-corrected chi connectivity index (χ1v) is 5.61. The molecule has 0 atom stereocenters. The van der Waals surface area contributed by atoms with Crippen LogP contribution in [0.4, 0.5) is 5.69 Å². The average molecular weight is 264 g/mol. The van der Waals surface area contributed by atoms with Crippen molar-refractivity contribution in [1.82, 2.24) is 9.97 Å². The van der Waals surface area contributed by atoms with Gasteiger partial charge in [0.15, 0.2) is 5.69 Å². The number of rotatable bonds is 2. The number of nitrogens with zero attached hydrogens (tertiary/aromatic N) is 3. The van der Waals surface area contributed by atoms with Crippen LogP contribution < -0.4 is 0 Å². The summed E-state index contributed by atoms with van der Waals surface area (Å²) in [4.78, 5) is 18.0. The fraction of sp³-hybridized carbons (Fsp3) is 0.167. The van der Waals surface area contributed by atoms with E-state index in [1.807, 2.05) is 26.0 Å². The zero-order valence-corrected chi connectivity index (χ0v) is 10.6. The van der Waals surface area contributed by atoms with E-state index in [2.05, 4.69) is 9.97 Å². The molecule has 0 aliphatic heterocycles. The van der Waals surface area contributed by atoms with Crippen molar-refractivity contribution in [3.8, 4) is 11.3 Å². The van der Waals surface area contributed by atoms with Crippen LogP contribution in [0.1, 0.15) is 11.1 Å². The van der Waals surface area contributed by atoms with Gasteiger partial charge in [0.1, 0.15) is 6.20 Å². The minimum absolute atomic E-state index is 0.00571. The maximum atomic E-state index is 10.9. The van der Waals surface area contributed by atoms with Gasteiger partial charge in [-0.3, -0.25) is 10.1 Å². The summed E-state index contributed by atoms with van der Waals surface area (Å²) in [6, 6.07) is 5.53. The third-order valence-corrected chi connectivity index (χ3v) is 2.90. The van der Waals surface area contributed by atoms with Crippen LogP contribution in [0, 0.1) is 24.0 Å². The lowest BCUT2D eigenvalue weighted by Crippen LogP contribution is -1.97. The normalized spacial score (nSPS) is 10.4. The molecular weight excluding hydrogens is 254 g/mol. The molecule has 0 fully saturated rings. The Labute approximate surface area is 109 Å². The number of benzene rings is 1. The molecule has 1 aromatic carbocycles. The molecule has 92 valence electrons. The number of nitro groups is 1. The third-order valence-electron chi connectivity index (χ3n) is 2.72. The van der Waals surface area contributed by atoms with Gasteiger partial charge in [0.25, 0.3) is 0 Å². The molecule has 5 nitrogen and oxygen atoms in total. The van der Waals surface area contributed by atoms with Gasteiger partial charge in [0.2, 0.25) is 5.28 Å². The van der Waals surface area contributed by atoms with Crippen LogP contribution in [-0.2, 0) is 0 Å². The van der Waals surface area contributed by atoms with Crippen LogP contribution in [0.3, 0.4) is 0 Å². The number of aromatic nitrogens is 2. The Bertz CT molecular complexity index is 629. The van der Waals surface area contributed by atoms with Gasteiger partial charge < -0.3 is 0 Å². The van der Waals surface area contributed by atoms with Crippen molar-refractivity contribution in [3.63, 3.8) is 0 Å². The van der Waals surface area contributed by atoms with Crippen molar-refractivity contribution in [2.24, 2.45) is 0 Å². The van der Waals surface area contributed by atoms with Crippen molar-refractivity contribution in [3.05, 3.63) is 50.9 Å². The van der Waals surface area contributed by atoms with E-state index >= 15 is 0 Å². The number of aryl methyl sites for hydroxylation is 2. The Morgan fingerprint density at radius 2 is 2.00 bits per heavy atom. The summed E-state index contributed by atoms with van der Waals surface area (Å²) < 4.78 is 0. The summed E-state index contributed by atoms with van der Waals surface area (Å²) in [6.45, 7) is 3.91. The molecule has 2 aromatic rings. The van der Waals surface area contributed by atoms with E-state index in [4.69, 9.17) is 11.6 Å². The first kappa shape index (κ1) is 12.4. The zero-order valence-electron chi connectivity index (χ0n) is 9.85. The standard InChI is InChI=1S/C12H10ClN3O2/c1-7-3-4-9(5-8(7)2)11-10(16(17)18)6-14-12(13)15-11/h3-6H,1-2H3. The largest absolute Gasteiger partial charge is 0.313 e. The lowest BCUT2D eigenvalue weighted by molar-refractivity contribution is -0.384. The predicted molar refractivity (Wildman–Crippen MR) is 68.6 cm³/mol. The summed E-state index contributed by atoms with van der Waals surface area (Å²) in [7, 11) is 0. The van der Waals surface area contributed by atoms with Gasteiger partial charge in [-0.15, -0.1) is 0 Å². The SMILES string of the molecule is Cc1ccc(-c2nc(Cl)ncc2[N+](=O)[O-])cc1C. The molecule has 0 aliphatic rings. The van der Waals surface area contributed by atoms with Gasteiger partial charge in [0.05, 0.1) is 4.92 Å². The Balaban J connectivity index is 2.65. The fourth-order valence-corrected chi connectivity index (χ4v) is 1.72. The first-order chi connectivity index (χ1) is 8.49. The molecule has 1 heterocycles. The molecular formula is C12H10ClN3O2. The molecule has 0 saturated heterocycles. The highest BCUT2D eigenvalue weighted by molar-refractivity contribution is 6.28. The molecule has 2 rings (SSSR count). The summed E-state index contributed by atoms with van der Waals surface area (Å²) in [5.41, 5.74) is 2.90. The summed E-state index contributed by atoms with van der Waals surface area (Å²) in [6.07, 6.45) is 1.12. The second-order valence-electron chi connectivity index (χ2n) is 3.93. The zero-order chi connectivity index (χ0) is 13.3. The van der Waals surface area contributed by atoms with E-state index in [0.29, 0.717) is 5.56 Å². The maximum Gasteiger partial charge on any atom is 0.313 e. The molecule has 0 N–H and O–H groups in total. The van der Waals surface area contributed by atoms with Crippen LogP contribution in [0.25, 0.3) is 11.3 Å². The molecule has 0 radical (unpaired) electrons. The number of hydrogen-bond acceptors (Lipinski definition) is 4. The van der Waals surface area contributed by atoms with Crippen molar-refractivity contribution in [1.29, 1.82) is 0 Å². The molecule has 0 bridgehead atoms. The van der Waals surface area contributed by atoms with Gasteiger partial charge in [-0.2, -0.15) is 0 Å². The maximum absolute atomic E-state index is 10.9.